The minimum absolute atomic E-state index is 0.185. The van der Waals surface area contributed by atoms with Crippen LogP contribution >= 0.6 is 0 Å². The van der Waals surface area contributed by atoms with Crippen molar-refractivity contribution in [3.05, 3.63) is 35.5 Å². The fraction of sp³-hybridized carbons (Fsp3) is 0.727. The van der Waals surface area contributed by atoms with Gasteiger partial charge in [0.25, 0.3) is 0 Å². The monoisotopic (exact) mass is 512 g/mol. The molecule has 4 nitrogen and oxygen atoms in total. The van der Waals surface area contributed by atoms with Gasteiger partial charge in [-0.15, -0.1) is 0 Å². The van der Waals surface area contributed by atoms with Crippen molar-refractivity contribution in [1.29, 1.82) is 0 Å². The number of benzene rings is 1. The predicted molar refractivity (Wildman–Crippen MR) is 159 cm³/mol. The average Bonchev–Trinajstić information content (AvgIpc) is 3.31. The number of aliphatic hydroxyl groups excluding tert-OH is 1. The molecule has 1 amide bonds. The van der Waals surface area contributed by atoms with Crippen LogP contribution < -0.4 is 5.32 Å². The number of nitrogens with one attached hydrogen (secondary N) is 2. The van der Waals surface area contributed by atoms with E-state index >= 15 is 0 Å². The van der Waals surface area contributed by atoms with Gasteiger partial charge in [-0.2, -0.15) is 0 Å². The number of aliphatic hydroxyl groups is 1. The number of hydrogen-bond acceptors (Lipinski definition) is 2. The summed E-state index contributed by atoms with van der Waals surface area (Å²) in [5.74, 6) is 0.185. The van der Waals surface area contributed by atoms with E-state index in [-0.39, 0.29) is 12.5 Å². The van der Waals surface area contributed by atoms with Gasteiger partial charge in [-0.3, -0.25) is 4.79 Å². The number of rotatable bonds is 24. The number of H-pyrrole nitrogens is 1. The van der Waals surface area contributed by atoms with Crippen LogP contribution in [0.3, 0.4) is 0 Å². The SMILES string of the molecule is CCCCCCCCCCCCCCCCCCCC(=O)NCCc1c[nH]c2ccc(CCCO)cc12. The number of fused-ring (bicyclic) bond motifs is 1. The van der Waals surface area contributed by atoms with E-state index in [0.717, 1.165) is 31.2 Å². The highest BCUT2D eigenvalue weighted by Gasteiger charge is 2.07. The van der Waals surface area contributed by atoms with Gasteiger partial charge in [0.05, 0.1) is 0 Å². The summed E-state index contributed by atoms with van der Waals surface area (Å²) >= 11 is 0. The molecule has 1 aromatic heterocycles. The molecular formula is C33H56N2O2. The molecule has 2 rings (SSSR count). The molecule has 0 unspecified atom stereocenters. The van der Waals surface area contributed by atoms with Crippen LogP contribution in [-0.2, 0) is 17.6 Å². The molecule has 37 heavy (non-hydrogen) atoms. The standard InChI is InChI=1S/C33H56N2O2/c1-2-3-4-5-6-7-8-9-10-11-12-13-14-15-16-17-18-21-33(37)34-25-24-30-28-35-32-23-22-29(20-19-26-36)27-31(30)32/h22-23,27-28,35-36H,2-21,24-26H2,1H3,(H,34,37). The van der Waals surface area contributed by atoms with Gasteiger partial charge in [-0.1, -0.05) is 116 Å². The van der Waals surface area contributed by atoms with Crippen LogP contribution in [-0.4, -0.2) is 29.1 Å². The van der Waals surface area contributed by atoms with E-state index in [1.807, 2.05) is 0 Å². The lowest BCUT2D eigenvalue weighted by Gasteiger charge is -2.06. The Balaban J connectivity index is 1.39. The van der Waals surface area contributed by atoms with Gasteiger partial charge in [0.1, 0.15) is 0 Å². The van der Waals surface area contributed by atoms with E-state index in [2.05, 4.69) is 41.6 Å². The van der Waals surface area contributed by atoms with Crippen LogP contribution in [0.25, 0.3) is 10.9 Å². The number of amides is 1. The summed E-state index contributed by atoms with van der Waals surface area (Å²) in [6.45, 7) is 3.20. The molecule has 4 heteroatoms. The summed E-state index contributed by atoms with van der Waals surface area (Å²) in [5, 5.41) is 13.4. The first-order valence-electron chi connectivity index (χ1n) is 15.7. The second-order valence-corrected chi connectivity index (χ2v) is 11.0. The number of aryl methyl sites for hydroxylation is 1. The van der Waals surface area contributed by atoms with Crippen molar-refractivity contribution in [2.45, 2.75) is 142 Å². The summed E-state index contributed by atoms with van der Waals surface area (Å²) in [5.41, 5.74) is 3.64. The van der Waals surface area contributed by atoms with Crippen LogP contribution in [0, 0.1) is 0 Å². The lowest BCUT2D eigenvalue weighted by molar-refractivity contribution is -0.121. The first-order valence-corrected chi connectivity index (χ1v) is 15.7. The number of carbonyl (C=O) groups excluding carboxylic acids is 1. The molecule has 2 aromatic rings. The van der Waals surface area contributed by atoms with Crippen LogP contribution in [0.1, 0.15) is 140 Å². The highest BCUT2D eigenvalue weighted by Crippen LogP contribution is 2.21. The largest absolute Gasteiger partial charge is 0.396 e. The number of unbranched alkanes of at least 4 members (excludes halogenated alkanes) is 16. The Labute approximate surface area is 227 Å². The number of carbonyl (C=O) groups is 1. The Hall–Kier alpha value is -1.81. The van der Waals surface area contributed by atoms with Gasteiger partial charge in [0.15, 0.2) is 0 Å². The molecule has 0 spiro atoms. The van der Waals surface area contributed by atoms with Crippen LogP contribution in [0.4, 0.5) is 0 Å². The summed E-state index contributed by atoms with van der Waals surface area (Å²) < 4.78 is 0. The second kappa shape index (κ2) is 21.2. The average molecular weight is 513 g/mol. The quantitative estimate of drug-likeness (QED) is 0.123. The van der Waals surface area contributed by atoms with Gasteiger partial charge < -0.3 is 15.4 Å². The zero-order valence-electron chi connectivity index (χ0n) is 23.9. The second-order valence-electron chi connectivity index (χ2n) is 11.0. The lowest BCUT2D eigenvalue weighted by Crippen LogP contribution is -2.25. The molecule has 0 aliphatic rings. The van der Waals surface area contributed by atoms with Gasteiger partial charge in [-0.25, -0.2) is 0 Å². The minimum atomic E-state index is 0.185. The Kier molecular flexibility index (Phi) is 18.0. The molecule has 0 atom stereocenters. The maximum atomic E-state index is 12.2. The van der Waals surface area contributed by atoms with E-state index in [1.54, 1.807) is 0 Å². The summed E-state index contributed by atoms with van der Waals surface area (Å²) in [4.78, 5) is 15.6. The molecule has 1 aromatic carbocycles. The van der Waals surface area contributed by atoms with Gasteiger partial charge in [0, 0.05) is 36.7 Å². The van der Waals surface area contributed by atoms with E-state index in [9.17, 15) is 4.79 Å². The topological polar surface area (TPSA) is 65.1 Å². The zero-order chi connectivity index (χ0) is 26.4. The fourth-order valence-corrected chi connectivity index (χ4v) is 5.31. The highest BCUT2D eigenvalue weighted by atomic mass is 16.2. The number of hydrogen-bond donors (Lipinski definition) is 3. The van der Waals surface area contributed by atoms with Crippen molar-refractivity contribution in [1.82, 2.24) is 10.3 Å². The molecule has 0 saturated heterocycles. The third-order valence-electron chi connectivity index (χ3n) is 7.68. The van der Waals surface area contributed by atoms with E-state index < -0.39 is 0 Å². The first-order chi connectivity index (χ1) is 18.2. The maximum absolute atomic E-state index is 12.2. The van der Waals surface area contributed by atoms with Crippen molar-refractivity contribution >= 4 is 16.8 Å². The summed E-state index contributed by atoms with van der Waals surface area (Å²) in [7, 11) is 0. The molecule has 0 saturated carbocycles. The maximum Gasteiger partial charge on any atom is 0.220 e. The van der Waals surface area contributed by atoms with Crippen molar-refractivity contribution in [2.75, 3.05) is 13.2 Å². The normalized spacial score (nSPS) is 11.4. The zero-order valence-corrected chi connectivity index (χ0v) is 23.9. The summed E-state index contributed by atoms with van der Waals surface area (Å²) in [6, 6.07) is 6.46. The first kappa shape index (κ1) is 31.4. The molecule has 0 bridgehead atoms. The Morgan fingerprint density at radius 2 is 1.32 bits per heavy atom. The number of aromatic amines is 1. The van der Waals surface area contributed by atoms with E-state index in [0.29, 0.717) is 13.0 Å². The molecule has 0 radical (unpaired) electrons. The fourth-order valence-electron chi connectivity index (χ4n) is 5.31. The van der Waals surface area contributed by atoms with Crippen molar-refractivity contribution in [3.63, 3.8) is 0 Å². The van der Waals surface area contributed by atoms with Crippen LogP contribution in [0.5, 0.6) is 0 Å². The van der Waals surface area contributed by atoms with E-state index in [1.165, 1.54) is 119 Å². The molecule has 210 valence electrons. The van der Waals surface area contributed by atoms with Gasteiger partial charge >= 0.3 is 0 Å². The summed E-state index contributed by atoms with van der Waals surface area (Å²) in [6.07, 6.45) is 28.4. The Morgan fingerprint density at radius 1 is 0.757 bits per heavy atom. The highest BCUT2D eigenvalue weighted by molar-refractivity contribution is 5.84. The molecule has 0 aliphatic heterocycles. The molecule has 0 aliphatic carbocycles. The Morgan fingerprint density at radius 3 is 1.89 bits per heavy atom. The third-order valence-corrected chi connectivity index (χ3v) is 7.68. The molecule has 0 fully saturated rings. The van der Waals surface area contributed by atoms with Crippen molar-refractivity contribution < 1.29 is 9.90 Å². The smallest absolute Gasteiger partial charge is 0.220 e. The van der Waals surface area contributed by atoms with Crippen molar-refractivity contribution in [2.24, 2.45) is 0 Å². The Bertz CT molecular complexity index is 829. The molecule has 1 heterocycles. The van der Waals surface area contributed by atoms with Crippen LogP contribution in [0.15, 0.2) is 24.4 Å². The minimum Gasteiger partial charge on any atom is -0.396 e. The van der Waals surface area contributed by atoms with E-state index in [4.69, 9.17) is 5.11 Å². The van der Waals surface area contributed by atoms with Crippen molar-refractivity contribution in [3.8, 4) is 0 Å². The van der Waals surface area contributed by atoms with Crippen LogP contribution in [0.2, 0.25) is 0 Å². The number of aromatic nitrogens is 1. The van der Waals surface area contributed by atoms with Gasteiger partial charge in [0.2, 0.25) is 5.91 Å². The van der Waals surface area contributed by atoms with Gasteiger partial charge in [-0.05, 0) is 48.9 Å². The molecule has 3 N–H and O–H groups in total. The third kappa shape index (κ3) is 14.6. The lowest BCUT2D eigenvalue weighted by atomic mass is 10.0. The molecular weight excluding hydrogens is 456 g/mol. The predicted octanol–water partition coefficient (Wildman–Crippen LogP) is 8.79.